The van der Waals surface area contributed by atoms with Crippen molar-refractivity contribution < 1.29 is 33.4 Å². The van der Waals surface area contributed by atoms with Crippen LogP contribution in [0, 0.1) is 0 Å². The molecule has 0 fully saturated rings. The number of anilines is 1. The number of benzene rings is 2. The van der Waals surface area contributed by atoms with Gasteiger partial charge in [0.2, 0.25) is 0 Å². The maximum Gasteiger partial charge on any atom is 0.325 e. The molecule has 0 unspecified atom stereocenters. The fourth-order valence-corrected chi connectivity index (χ4v) is 2.24. The van der Waals surface area contributed by atoms with Crippen LogP contribution in [-0.4, -0.2) is 51.2 Å². The van der Waals surface area contributed by atoms with Crippen LogP contribution < -0.4 is 25.4 Å². The molecule has 0 saturated heterocycles. The molecule has 0 aliphatic carbocycles. The molecule has 10 heteroatoms. The van der Waals surface area contributed by atoms with E-state index in [9.17, 15) is 19.2 Å². The number of hydrogen-bond acceptors (Lipinski definition) is 7. The van der Waals surface area contributed by atoms with E-state index in [1.807, 2.05) is 5.32 Å². The molecule has 0 heterocycles. The summed E-state index contributed by atoms with van der Waals surface area (Å²) >= 11 is 0. The number of para-hydroxylation sites is 1. The van der Waals surface area contributed by atoms with Gasteiger partial charge in [0, 0.05) is 17.3 Å². The zero-order valence-corrected chi connectivity index (χ0v) is 16.4. The van der Waals surface area contributed by atoms with E-state index in [2.05, 4.69) is 10.6 Å². The van der Waals surface area contributed by atoms with E-state index in [4.69, 9.17) is 14.2 Å². The van der Waals surface area contributed by atoms with Crippen LogP contribution in [0.2, 0.25) is 0 Å². The van der Waals surface area contributed by atoms with Crippen molar-refractivity contribution in [3.63, 3.8) is 0 Å². The van der Waals surface area contributed by atoms with Crippen LogP contribution in [0.5, 0.6) is 11.5 Å². The number of carbonyl (C=O) groups is 4. The zero-order valence-electron chi connectivity index (χ0n) is 16.4. The first-order valence-corrected chi connectivity index (χ1v) is 8.74. The Labute approximate surface area is 172 Å². The lowest BCUT2D eigenvalue weighted by Gasteiger charge is -2.10. The number of imide groups is 1. The van der Waals surface area contributed by atoms with Crippen molar-refractivity contribution in [3.8, 4) is 11.5 Å². The number of urea groups is 1. The van der Waals surface area contributed by atoms with E-state index in [1.165, 1.54) is 26.4 Å². The van der Waals surface area contributed by atoms with Crippen LogP contribution in [0.3, 0.4) is 0 Å². The van der Waals surface area contributed by atoms with Crippen LogP contribution >= 0.6 is 0 Å². The molecule has 0 spiro atoms. The average molecular weight is 415 g/mol. The highest BCUT2D eigenvalue weighted by Crippen LogP contribution is 2.22. The van der Waals surface area contributed by atoms with Crippen LogP contribution in [0.1, 0.15) is 10.4 Å². The van der Waals surface area contributed by atoms with Crippen molar-refractivity contribution in [2.24, 2.45) is 0 Å². The normalized spacial score (nSPS) is 9.80. The van der Waals surface area contributed by atoms with Gasteiger partial charge in [0.15, 0.2) is 6.61 Å². The van der Waals surface area contributed by atoms with Crippen LogP contribution in [0.15, 0.2) is 48.5 Å². The highest BCUT2D eigenvalue weighted by molar-refractivity contribution is 6.02. The number of rotatable bonds is 8. The lowest BCUT2D eigenvalue weighted by Crippen LogP contribution is -2.38. The first kappa shape index (κ1) is 22.2. The van der Waals surface area contributed by atoms with Crippen molar-refractivity contribution in [1.29, 1.82) is 0 Å². The summed E-state index contributed by atoms with van der Waals surface area (Å²) in [6, 6.07) is 12.3. The number of carbonyl (C=O) groups excluding carboxylic acids is 4. The van der Waals surface area contributed by atoms with E-state index in [-0.39, 0.29) is 5.56 Å². The molecule has 4 amide bonds. The Bertz CT molecular complexity index is 894. The maximum absolute atomic E-state index is 12.2. The molecule has 0 radical (unpaired) electrons. The molecule has 0 aliphatic rings. The summed E-state index contributed by atoms with van der Waals surface area (Å²) in [6.07, 6.45) is 0. The topological polar surface area (TPSA) is 132 Å². The smallest absolute Gasteiger partial charge is 0.325 e. The molecule has 0 aromatic heterocycles. The van der Waals surface area contributed by atoms with E-state index in [0.717, 1.165) is 0 Å². The summed E-state index contributed by atoms with van der Waals surface area (Å²) in [5.74, 6) is -1.41. The van der Waals surface area contributed by atoms with Gasteiger partial charge in [0.05, 0.1) is 14.2 Å². The molecular formula is C20H21N3O7. The molecule has 0 saturated carbocycles. The SMILES string of the molecule is COc1cc(OC)cc(C(=O)NCC(=O)OCC(=O)NC(=O)Nc2ccccc2)c1. The van der Waals surface area contributed by atoms with Crippen molar-refractivity contribution in [1.82, 2.24) is 10.6 Å². The third-order valence-corrected chi connectivity index (χ3v) is 3.66. The number of nitrogens with one attached hydrogen (secondary N) is 3. The minimum atomic E-state index is -0.850. The third-order valence-electron chi connectivity index (χ3n) is 3.66. The molecule has 2 aromatic carbocycles. The Kier molecular flexibility index (Phi) is 8.18. The van der Waals surface area contributed by atoms with Crippen LogP contribution in [-0.2, 0) is 14.3 Å². The summed E-state index contributed by atoms with van der Waals surface area (Å²) in [5, 5.41) is 6.83. The summed E-state index contributed by atoms with van der Waals surface area (Å²) in [4.78, 5) is 47.3. The second-order valence-corrected chi connectivity index (χ2v) is 5.81. The third kappa shape index (κ3) is 7.15. The quantitative estimate of drug-likeness (QED) is 0.554. The summed E-state index contributed by atoms with van der Waals surface area (Å²) in [6.45, 7) is -1.15. The number of hydrogen-bond donors (Lipinski definition) is 3. The van der Waals surface area contributed by atoms with E-state index >= 15 is 0 Å². The first-order valence-electron chi connectivity index (χ1n) is 8.74. The summed E-state index contributed by atoms with van der Waals surface area (Å²) in [7, 11) is 2.89. The minimum Gasteiger partial charge on any atom is -0.497 e. The predicted octanol–water partition coefficient (Wildman–Crippen LogP) is 1.33. The number of amides is 4. The molecule has 2 rings (SSSR count). The van der Waals surface area contributed by atoms with Gasteiger partial charge in [-0.05, 0) is 24.3 Å². The van der Waals surface area contributed by atoms with Gasteiger partial charge in [-0.3, -0.25) is 19.7 Å². The van der Waals surface area contributed by atoms with Gasteiger partial charge < -0.3 is 24.8 Å². The van der Waals surface area contributed by atoms with Gasteiger partial charge in [-0.1, -0.05) is 18.2 Å². The van der Waals surface area contributed by atoms with Gasteiger partial charge in [0.25, 0.3) is 11.8 Å². The van der Waals surface area contributed by atoms with Gasteiger partial charge in [-0.15, -0.1) is 0 Å². The van der Waals surface area contributed by atoms with Crippen molar-refractivity contribution in [3.05, 3.63) is 54.1 Å². The minimum absolute atomic E-state index is 0.217. The second kappa shape index (κ2) is 11.1. The molecule has 0 atom stereocenters. The Morgan fingerprint density at radius 3 is 2.13 bits per heavy atom. The highest BCUT2D eigenvalue weighted by atomic mass is 16.5. The Morgan fingerprint density at radius 2 is 1.53 bits per heavy atom. The monoisotopic (exact) mass is 415 g/mol. The van der Waals surface area contributed by atoms with E-state index in [0.29, 0.717) is 17.2 Å². The standard InChI is InChI=1S/C20H21N3O7/c1-28-15-8-13(9-16(10-15)29-2)19(26)21-11-18(25)30-12-17(24)23-20(27)22-14-6-4-3-5-7-14/h3-10H,11-12H2,1-2H3,(H,21,26)(H2,22,23,24,27). The van der Waals surface area contributed by atoms with Gasteiger partial charge >= 0.3 is 12.0 Å². The van der Waals surface area contributed by atoms with Gasteiger partial charge in [-0.2, -0.15) is 0 Å². The van der Waals surface area contributed by atoms with Crippen molar-refractivity contribution >= 4 is 29.5 Å². The summed E-state index contributed by atoms with van der Waals surface area (Å²) in [5.41, 5.74) is 0.714. The number of ether oxygens (including phenoxy) is 3. The molecule has 2 aromatic rings. The number of methoxy groups -OCH3 is 2. The molecule has 0 aliphatic heterocycles. The maximum atomic E-state index is 12.2. The van der Waals surface area contributed by atoms with Gasteiger partial charge in [-0.25, -0.2) is 4.79 Å². The molecule has 10 nitrogen and oxygen atoms in total. The molecule has 0 bridgehead atoms. The lowest BCUT2D eigenvalue weighted by molar-refractivity contribution is -0.147. The molecule has 3 N–H and O–H groups in total. The first-order chi connectivity index (χ1) is 14.4. The largest absolute Gasteiger partial charge is 0.497 e. The predicted molar refractivity (Wildman–Crippen MR) is 106 cm³/mol. The zero-order chi connectivity index (χ0) is 21.9. The van der Waals surface area contributed by atoms with Crippen molar-refractivity contribution in [2.45, 2.75) is 0 Å². The summed E-state index contributed by atoms with van der Waals surface area (Å²) < 4.78 is 14.9. The van der Waals surface area contributed by atoms with Crippen molar-refractivity contribution in [2.75, 3.05) is 32.7 Å². The Morgan fingerprint density at radius 1 is 0.900 bits per heavy atom. The van der Waals surface area contributed by atoms with E-state index < -0.39 is 37.0 Å². The fraction of sp³-hybridized carbons (Fsp3) is 0.200. The van der Waals surface area contributed by atoms with E-state index in [1.54, 1.807) is 36.4 Å². The molecular weight excluding hydrogens is 394 g/mol. The second-order valence-electron chi connectivity index (χ2n) is 5.81. The molecule has 30 heavy (non-hydrogen) atoms. The fourth-order valence-electron chi connectivity index (χ4n) is 2.24. The van der Waals surface area contributed by atoms with Crippen LogP contribution in [0.4, 0.5) is 10.5 Å². The Balaban J connectivity index is 1.74. The van der Waals surface area contributed by atoms with Gasteiger partial charge in [0.1, 0.15) is 18.0 Å². The average Bonchev–Trinajstić information content (AvgIpc) is 2.76. The Hall–Kier alpha value is -4.08. The highest BCUT2D eigenvalue weighted by Gasteiger charge is 2.14. The van der Waals surface area contributed by atoms with Crippen LogP contribution in [0.25, 0.3) is 0 Å². The lowest BCUT2D eigenvalue weighted by atomic mass is 10.2. The number of esters is 1. The molecule has 158 valence electrons.